The second-order valence-electron chi connectivity index (χ2n) is 5.03. The zero-order chi connectivity index (χ0) is 15.4. The van der Waals surface area contributed by atoms with Gasteiger partial charge in [0.2, 0.25) is 5.91 Å². The molecular weight excluding hydrogens is 269 g/mol. The van der Waals surface area contributed by atoms with E-state index in [4.69, 9.17) is 5.73 Å². The van der Waals surface area contributed by atoms with E-state index in [0.717, 1.165) is 4.90 Å². The van der Waals surface area contributed by atoms with E-state index < -0.39 is 24.2 Å². The second-order valence-corrected chi connectivity index (χ2v) is 5.03. The van der Waals surface area contributed by atoms with Crippen LogP contribution in [0.5, 0.6) is 0 Å². The summed E-state index contributed by atoms with van der Waals surface area (Å²) in [7, 11) is 0. The Bertz CT molecular complexity index is 443. The number of nitrogens with two attached hydrogens (primary N) is 1. The molecule has 6 heteroatoms. The van der Waals surface area contributed by atoms with Gasteiger partial charge in [0.15, 0.2) is 0 Å². The van der Waals surface area contributed by atoms with Gasteiger partial charge in [-0.2, -0.15) is 13.2 Å². The molecule has 0 heterocycles. The molecule has 2 N–H and O–H groups in total. The maximum Gasteiger partial charge on any atom is 0.406 e. The molecule has 1 aromatic rings. The van der Waals surface area contributed by atoms with Crippen LogP contribution in [0.2, 0.25) is 0 Å². The number of hydrogen-bond donors (Lipinski definition) is 1. The van der Waals surface area contributed by atoms with E-state index in [1.54, 1.807) is 37.3 Å². The number of carbonyl (C=O) groups is 1. The van der Waals surface area contributed by atoms with Crippen molar-refractivity contribution in [3.63, 3.8) is 0 Å². The Morgan fingerprint density at radius 2 is 1.80 bits per heavy atom. The highest BCUT2D eigenvalue weighted by molar-refractivity contribution is 5.85. The lowest BCUT2D eigenvalue weighted by Gasteiger charge is -2.31. The maximum absolute atomic E-state index is 12.6. The Kier molecular flexibility index (Phi) is 5.16. The largest absolute Gasteiger partial charge is 0.406 e. The average Bonchev–Trinajstić information content (AvgIpc) is 2.36. The fraction of sp³-hybridized carbons (Fsp3) is 0.500. The molecule has 0 bridgehead atoms. The third-order valence-electron chi connectivity index (χ3n) is 3.10. The summed E-state index contributed by atoms with van der Waals surface area (Å²) < 4.78 is 37.9. The lowest BCUT2D eigenvalue weighted by atomic mass is 9.98. The van der Waals surface area contributed by atoms with Crippen molar-refractivity contribution in [3.05, 3.63) is 35.9 Å². The van der Waals surface area contributed by atoms with E-state index in [-0.39, 0.29) is 13.0 Å². The highest BCUT2D eigenvalue weighted by Gasteiger charge is 2.38. The van der Waals surface area contributed by atoms with Crippen molar-refractivity contribution in [2.45, 2.75) is 38.5 Å². The van der Waals surface area contributed by atoms with Gasteiger partial charge in [-0.05, 0) is 18.9 Å². The molecule has 0 aliphatic rings. The van der Waals surface area contributed by atoms with Crippen molar-refractivity contribution in [3.8, 4) is 0 Å². The molecule has 112 valence electrons. The minimum atomic E-state index is -4.45. The molecule has 1 rings (SSSR count). The lowest BCUT2D eigenvalue weighted by Crippen LogP contribution is -2.54. The Hall–Kier alpha value is -1.56. The third kappa shape index (κ3) is 4.85. The zero-order valence-corrected chi connectivity index (χ0v) is 11.6. The van der Waals surface area contributed by atoms with Crippen molar-refractivity contribution in [2.75, 3.05) is 6.54 Å². The van der Waals surface area contributed by atoms with Gasteiger partial charge in [0.25, 0.3) is 0 Å². The van der Waals surface area contributed by atoms with E-state index in [1.807, 2.05) is 0 Å². The zero-order valence-electron chi connectivity index (χ0n) is 11.6. The second kappa shape index (κ2) is 6.26. The number of alkyl halides is 3. The molecule has 0 aliphatic carbocycles. The molecule has 1 atom stereocenters. The summed E-state index contributed by atoms with van der Waals surface area (Å²) in [5, 5.41) is 0. The van der Waals surface area contributed by atoms with Crippen LogP contribution in [0.3, 0.4) is 0 Å². The predicted molar refractivity (Wildman–Crippen MR) is 70.8 cm³/mol. The first-order valence-electron chi connectivity index (χ1n) is 6.34. The smallest absolute Gasteiger partial charge is 0.328 e. The number of carbonyl (C=O) groups excluding carboxylic acids is 1. The van der Waals surface area contributed by atoms with Crippen LogP contribution < -0.4 is 5.73 Å². The standard InChI is InChI=1S/C14H19F3N2O/c1-3-13(2,18)12(20)19(10-14(15,16)17)9-11-7-5-4-6-8-11/h4-8H,3,9-10,18H2,1-2H3. The fourth-order valence-corrected chi connectivity index (χ4v) is 1.73. The molecule has 0 fully saturated rings. The van der Waals surface area contributed by atoms with Crippen molar-refractivity contribution in [1.29, 1.82) is 0 Å². The lowest BCUT2D eigenvalue weighted by molar-refractivity contribution is -0.165. The minimum Gasteiger partial charge on any atom is -0.328 e. The van der Waals surface area contributed by atoms with Crippen LogP contribution in [-0.4, -0.2) is 29.1 Å². The van der Waals surface area contributed by atoms with Crippen LogP contribution in [0.25, 0.3) is 0 Å². The Morgan fingerprint density at radius 3 is 2.25 bits per heavy atom. The predicted octanol–water partition coefficient (Wildman–Crippen LogP) is 2.70. The highest BCUT2D eigenvalue weighted by atomic mass is 19.4. The number of halogens is 3. The Labute approximate surface area is 116 Å². The van der Waals surface area contributed by atoms with Gasteiger partial charge in [-0.3, -0.25) is 4.79 Å². The summed E-state index contributed by atoms with van der Waals surface area (Å²) in [5.41, 5.74) is 5.12. The van der Waals surface area contributed by atoms with Crippen molar-refractivity contribution in [1.82, 2.24) is 4.90 Å². The van der Waals surface area contributed by atoms with Crippen molar-refractivity contribution >= 4 is 5.91 Å². The van der Waals surface area contributed by atoms with Crippen LogP contribution in [-0.2, 0) is 11.3 Å². The number of hydrogen-bond acceptors (Lipinski definition) is 2. The van der Waals surface area contributed by atoms with Crippen LogP contribution in [0.1, 0.15) is 25.8 Å². The first-order chi connectivity index (χ1) is 9.15. The van der Waals surface area contributed by atoms with Gasteiger partial charge < -0.3 is 10.6 Å². The van der Waals surface area contributed by atoms with E-state index in [1.165, 1.54) is 6.92 Å². The summed E-state index contributed by atoms with van der Waals surface area (Å²) in [6, 6.07) is 8.55. The first kappa shape index (κ1) is 16.5. The van der Waals surface area contributed by atoms with Gasteiger partial charge in [-0.15, -0.1) is 0 Å². The monoisotopic (exact) mass is 288 g/mol. The summed E-state index contributed by atoms with van der Waals surface area (Å²) in [6.07, 6.45) is -4.18. The Morgan fingerprint density at radius 1 is 1.25 bits per heavy atom. The molecule has 0 radical (unpaired) electrons. The van der Waals surface area contributed by atoms with Gasteiger partial charge in [-0.1, -0.05) is 37.3 Å². The van der Waals surface area contributed by atoms with Crippen LogP contribution >= 0.6 is 0 Å². The fourth-order valence-electron chi connectivity index (χ4n) is 1.73. The summed E-state index contributed by atoms with van der Waals surface area (Å²) in [6.45, 7) is 1.72. The van der Waals surface area contributed by atoms with Crippen LogP contribution in [0.15, 0.2) is 30.3 Å². The molecule has 3 nitrogen and oxygen atoms in total. The third-order valence-corrected chi connectivity index (χ3v) is 3.10. The molecule has 0 spiro atoms. The highest BCUT2D eigenvalue weighted by Crippen LogP contribution is 2.21. The molecule has 1 amide bonds. The Balaban J connectivity index is 2.94. The van der Waals surface area contributed by atoms with Crippen LogP contribution in [0.4, 0.5) is 13.2 Å². The average molecular weight is 288 g/mol. The van der Waals surface area contributed by atoms with E-state index in [9.17, 15) is 18.0 Å². The normalized spacial score (nSPS) is 14.7. The molecule has 0 saturated heterocycles. The van der Waals surface area contributed by atoms with Gasteiger partial charge in [0.05, 0.1) is 5.54 Å². The molecular formula is C14H19F3N2O. The number of benzene rings is 1. The number of rotatable bonds is 5. The minimum absolute atomic E-state index is 0.105. The van der Waals surface area contributed by atoms with Gasteiger partial charge in [0.1, 0.15) is 6.54 Å². The first-order valence-corrected chi connectivity index (χ1v) is 6.34. The molecule has 1 aromatic carbocycles. The molecule has 0 saturated carbocycles. The van der Waals surface area contributed by atoms with Crippen molar-refractivity contribution in [2.24, 2.45) is 5.73 Å². The quantitative estimate of drug-likeness (QED) is 0.905. The topological polar surface area (TPSA) is 46.3 Å². The van der Waals surface area contributed by atoms with Crippen molar-refractivity contribution < 1.29 is 18.0 Å². The van der Waals surface area contributed by atoms with Gasteiger partial charge in [-0.25, -0.2) is 0 Å². The molecule has 0 aliphatic heterocycles. The summed E-state index contributed by atoms with van der Waals surface area (Å²) >= 11 is 0. The van der Waals surface area contributed by atoms with E-state index in [2.05, 4.69) is 0 Å². The number of amides is 1. The molecule has 0 aromatic heterocycles. The maximum atomic E-state index is 12.6. The van der Waals surface area contributed by atoms with Gasteiger partial charge in [0, 0.05) is 6.54 Å². The number of nitrogens with zero attached hydrogens (tertiary/aromatic N) is 1. The molecule has 1 unspecified atom stereocenters. The van der Waals surface area contributed by atoms with Crippen LogP contribution in [0, 0.1) is 0 Å². The van der Waals surface area contributed by atoms with E-state index in [0.29, 0.717) is 5.56 Å². The molecule has 20 heavy (non-hydrogen) atoms. The van der Waals surface area contributed by atoms with Gasteiger partial charge >= 0.3 is 6.18 Å². The van der Waals surface area contributed by atoms with E-state index >= 15 is 0 Å². The summed E-state index contributed by atoms with van der Waals surface area (Å²) in [5.74, 6) is -0.693. The SMILES string of the molecule is CCC(C)(N)C(=O)N(Cc1ccccc1)CC(F)(F)F. The summed E-state index contributed by atoms with van der Waals surface area (Å²) in [4.78, 5) is 12.9.